The van der Waals surface area contributed by atoms with E-state index in [4.69, 9.17) is 4.74 Å². The van der Waals surface area contributed by atoms with E-state index in [0.717, 1.165) is 9.87 Å². The number of amides is 1. The fourth-order valence-electron chi connectivity index (χ4n) is 2.11. The van der Waals surface area contributed by atoms with Crippen LogP contribution in [-0.2, 0) is 10.0 Å². The number of hydrogen-bond acceptors (Lipinski definition) is 5. The molecule has 1 heterocycles. The monoisotopic (exact) mass is 363 g/mol. The van der Waals surface area contributed by atoms with Crippen molar-refractivity contribution < 1.29 is 17.9 Å². The summed E-state index contributed by atoms with van der Waals surface area (Å²) in [5.41, 5.74) is 1.44. The Morgan fingerprint density at radius 1 is 1.28 bits per heavy atom. The number of carbonyl (C=O) groups excluding carboxylic acids is 1. The number of carbonyl (C=O) groups is 1. The Morgan fingerprint density at radius 2 is 2.00 bits per heavy atom. The fraction of sp³-hybridized carbons (Fsp3) is 0.294. The molecule has 25 heavy (non-hydrogen) atoms. The zero-order valence-corrected chi connectivity index (χ0v) is 15.4. The second-order valence-electron chi connectivity index (χ2n) is 5.51. The maximum Gasteiger partial charge on any atom is 0.261 e. The summed E-state index contributed by atoms with van der Waals surface area (Å²) in [4.78, 5) is 16.7. The Kier molecular flexibility index (Phi) is 5.76. The number of sulfonamides is 1. The van der Waals surface area contributed by atoms with E-state index in [0.29, 0.717) is 12.3 Å². The van der Waals surface area contributed by atoms with Gasteiger partial charge in [0.15, 0.2) is 0 Å². The van der Waals surface area contributed by atoms with Gasteiger partial charge in [-0.05, 0) is 43.7 Å². The average Bonchev–Trinajstić information content (AvgIpc) is 2.57. The van der Waals surface area contributed by atoms with Crippen LogP contribution in [-0.4, -0.2) is 44.3 Å². The molecule has 0 spiro atoms. The molecule has 1 aromatic heterocycles. The van der Waals surface area contributed by atoms with Crippen LogP contribution in [0.1, 0.15) is 22.8 Å². The van der Waals surface area contributed by atoms with E-state index in [9.17, 15) is 13.2 Å². The highest BCUT2D eigenvalue weighted by molar-refractivity contribution is 7.89. The topological polar surface area (TPSA) is 88.6 Å². The van der Waals surface area contributed by atoms with Crippen LogP contribution in [0.5, 0.6) is 5.88 Å². The van der Waals surface area contributed by atoms with E-state index in [1.807, 2.05) is 0 Å². The number of nitrogens with one attached hydrogen (secondary N) is 1. The van der Waals surface area contributed by atoms with Crippen molar-refractivity contribution in [2.24, 2.45) is 0 Å². The zero-order valence-electron chi connectivity index (χ0n) is 14.6. The van der Waals surface area contributed by atoms with E-state index >= 15 is 0 Å². The molecule has 0 fully saturated rings. The number of aromatic nitrogens is 1. The van der Waals surface area contributed by atoms with E-state index in [2.05, 4.69) is 10.3 Å². The smallest absolute Gasteiger partial charge is 0.261 e. The number of pyridine rings is 1. The first kappa shape index (κ1) is 18.9. The molecule has 0 bridgehead atoms. The van der Waals surface area contributed by atoms with Crippen LogP contribution < -0.4 is 10.1 Å². The van der Waals surface area contributed by atoms with Gasteiger partial charge in [-0.25, -0.2) is 17.7 Å². The largest absolute Gasteiger partial charge is 0.477 e. The fourth-order valence-corrected chi connectivity index (χ4v) is 3.04. The summed E-state index contributed by atoms with van der Waals surface area (Å²) < 4.78 is 31.0. The lowest BCUT2D eigenvalue weighted by molar-refractivity contribution is 0.102. The van der Waals surface area contributed by atoms with Crippen LogP contribution >= 0.6 is 0 Å². The second-order valence-corrected chi connectivity index (χ2v) is 7.66. The number of ether oxygens (including phenoxy) is 1. The molecule has 0 radical (unpaired) electrons. The molecular formula is C17H21N3O4S. The van der Waals surface area contributed by atoms with Gasteiger partial charge in [0.2, 0.25) is 15.9 Å². The van der Waals surface area contributed by atoms with Crippen molar-refractivity contribution >= 4 is 21.6 Å². The molecule has 1 N–H and O–H groups in total. The van der Waals surface area contributed by atoms with Crippen molar-refractivity contribution in [2.75, 3.05) is 26.0 Å². The van der Waals surface area contributed by atoms with E-state index in [1.54, 1.807) is 32.0 Å². The van der Waals surface area contributed by atoms with E-state index in [1.165, 1.54) is 32.4 Å². The minimum Gasteiger partial charge on any atom is -0.477 e. The van der Waals surface area contributed by atoms with Crippen LogP contribution in [0.4, 0.5) is 5.69 Å². The van der Waals surface area contributed by atoms with Crippen molar-refractivity contribution in [1.82, 2.24) is 9.29 Å². The Hall–Kier alpha value is -2.45. The van der Waals surface area contributed by atoms with Crippen LogP contribution in [0.15, 0.2) is 41.4 Å². The molecule has 7 nitrogen and oxygen atoms in total. The molecule has 134 valence electrons. The van der Waals surface area contributed by atoms with Gasteiger partial charge in [-0.3, -0.25) is 4.79 Å². The van der Waals surface area contributed by atoms with Crippen molar-refractivity contribution in [3.8, 4) is 5.88 Å². The van der Waals surface area contributed by atoms with Gasteiger partial charge in [-0.2, -0.15) is 0 Å². The van der Waals surface area contributed by atoms with Crippen molar-refractivity contribution in [2.45, 2.75) is 18.7 Å². The van der Waals surface area contributed by atoms with Gasteiger partial charge >= 0.3 is 0 Å². The molecule has 1 aromatic carbocycles. The van der Waals surface area contributed by atoms with Gasteiger partial charge in [-0.1, -0.05) is 6.07 Å². The molecule has 2 aromatic rings. The minimum absolute atomic E-state index is 0.106. The summed E-state index contributed by atoms with van der Waals surface area (Å²) in [6.45, 7) is 3.97. The molecule has 0 aliphatic carbocycles. The maximum atomic E-state index is 12.6. The lowest BCUT2D eigenvalue weighted by Crippen LogP contribution is -2.22. The SMILES string of the molecule is CCOc1ncccc1C(=O)Nc1cc(S(=O)(=O)N(C)C)ccc1C. The molecule has 0 atom stereocenters. The highest BCUT2D eigenvalue weighted by atomic mass is 32.2. The van der Waals surface area contributed by atoms with Crippen LogP contribution in [0.25, 0.3) is 0 Å². The molecule has 2 rings (SSSR count). The Bertz CT molecular complexity index is 879. The third kappa shape index (κ3) is 4.15. The molecule has 0 saturated carbocycles. The summed E-state index contributed by atoms with van der Waals surface area (Å²) in [5.74, 6) is -0.184. The zero-order chi connectivity index (χ0) is 18.6. The Morgan fingerprint density at radius 3 is 2.64 bits per heavy atom. The minimum atomic E-state index is -3.59. The quantitative estimate of drug-likeness (QED) is 0.851. The molecule has 0 unspecified atom stereocenters. The highest BCUT2D eigenvalue weighted by Crippen LogP contribution is 2.23. The third-order valence-electron chi connectivity index (χ3n) is 3.53. The molecule has 0 saturated heterocycles. The van der Waals surface area contributed by atoms with Gasteiger partial charge < -0.3 is 10.1 Å². The third-order valence-corrected chi connectivity index (χ3v) is 5.34. The lowest BCUT2D eigenvalue weighted by Gasteiger charge is -2.15. The Labute approximate surface area is 147 Å². The maximum absolute atomic E-state index is 12.6. The highest BCUT2D eigenvalue weighted by Gasteiger charge is 2.20. The lowest BCUT2D eigenvalue weighted by atomic mass is 10.2. The van der Waals surface area contributed by atoms with Crippen molar-refractivity contribution in [3.05, 3.63) is 47.7 Å². The van der Waals surface area contributed by atoms with Crippen LogP contribution in [0, 0.1) is 6.92 Å². The number of hydrogen-bond donors (Lipinski definition) is 1. The summed E-state index contributed by atoms with van der Waals surface area (Å²) in [5, 5.41) is 2.73. The number of anilines is 1. The van der Waals surface area contributed by atoms with E-state index < -0.39 is 15.9 Å². The molecule has 0 aliphatic heterocycles. The second kappa shape index (κ2) is 7.62. The van der Waals surface area contributed by atoms with E-state index in [-0.39, 0.29) is 16.3 Å². The van der Waals surface area contributed by atoms with Gasteiger partial charge in [0, 0.05) is 26.0 Å². The van der Waals surface area contributed by atoms with Gasteiger partial charge in [0.05, 0.1) is 11.5 Å². The van der Waals surface area contributed by atoms with Crippen LogP contribution in [0.3, 0.4) is 0 Å². The molecule has 8 heteroatoms. The average molecular weight is 363 g/mol. The number of rotatable bonds is 6. The summed E-state index contributed by atoms with van der Waals surface area (Å²) >= 11 is 0. The predicted octanol–water partition coefficient (Wildman–Crippen LogP) is 2.29. The number of benzene rings is 1. The molecule has 1 amide bonds. The van der Waals surface area contributed by atoms with Gasteiger partial charge in [-0.15, -0.1) is 0 Å². The normalized spacial score (nSPS) is 11.4. The molecule has 0 aliphatic rings. The first-order valence-electron chi connectivity index (χ1n) is 7.69. The summed E-state index contributed by atoms with van der Waals surface area (Å²) in [7, 11) is -0.677. The van der Waals surface area contributed by atoms with Gasteiger partial charge in [0.25, 0.3) is 5.91 Å². The predicted molar refractivity (Wildman–Crippen MR) is 95.4 cm³/mol. The number of aryl methyl sites for hydroxylation is 1. The molecular weight excluding hydrogens is 342 g/mol. The Balaban J connectivity index is 2.36. The van der Waals surface area contributed by atoms with Crippen LogP contribution in [0.2, 0.25) is 0 Å². The summed E-state index contributed by atoms with van der Waals surface area (Å²) in [6.07, 6.45) is 1.54. The van der Waals surface area contributed by atoms with Crippen molar-refractivity contribution in [1.29, 1.82) is 0 Å². The summed E-state index contributed by atoms with van der Waals surface area (Å²) in [6, 6.07) is 7.84. The van der Waals surface area contributed by atoms with Crippen molar-refractivity contribution in [3.63, 3.8) is 0 Å². The number of nitrogens with zero attached hydrogens (tertiary/aromatic N) is 2. The van der Waals surface area contributed by atoms with Gasteiger partial charge in [0.1, 0.15) is 5.56 Å². The first-order chi connectivity index (χ1) is 11.8. The standard InChI is InChI=1S/C17H21N3O4S/c1-5-24-17-14(7-6-10-18-17)16(21)19-15-11-13(9-8-12(15)2)25(22,23)20(3)4/h6-11H,5H2,1-4H3,(H,19,21). The first-order valence-corrected chi connectivity index (χ1v) is 9.13.